The van der Waals surface area contributed by atoms with Crippen LogP contribution in [-0.2, 0) is 10.2 Å². The van der Waals surface area contributed by atoms with Crippen LogP contribution in [0.2, 0.25) is 0 Å². The fraction of sp³-hybridized carbons (Fsp3) is 0.333. The Hall–Kier alpha value is -2.41. The summed E-state index contributed by atoms with van der Waals surface area (Å²) in [4.78, 5) is 17.2. The first-order chi connectivity index (χ1) is 11.9. The largest absolute Gasteiger partial charge is 0.573 e. The van der Waals surface area contributed by atoms with Gasteiger partial charge in [-0.3, -0.25) is 9.78 Å². The minimum Gasteiger partial charge on any atom is -0.406 e. The predicted molar refractivity (Wildman–Crippen MR) is 83.4 cm³/mol. The first-order valence-electron chi connectivity index (χ1n) is 7.81. The first kappa shape index (κ1) is 17.4. The van der Waals surface area contributed by atoms with Gasteiger partial charge in [-0.25, -0.2) is 0 Å². The molecule has 0 atom stereocenters. The van der Waals surface area contributed by atoms with Gasteiger partial charge < -0.3 is 9.47 Å². The number of hydrogen-bond acceptors (Lipinski definition) is 4. The van der Waals surface area contributed by atoms with Crippen molar-refractivity contribution in [2.75, 3.05) is 13.2 Å². The van der Waals surface area contributed by atoms with Gasteiger partial charge in [0, 0.05) is 19.4 Å². The Balaban J connectivity index is 2.01. The summed E-state index contributed by atoms with van der Waals surface area (Å²) in [5.74, 6) is -0.565. The number of hydrogen-bond donors (Lipinski definition) is 0. The van der Waals surface area contributed by atoms with Crippen molar-refractivity contribution in [1.29, 1.82) is 0 Å². The second-order valence-electron chi connectivity index (χ2n) is 5.81. The van der Waals surface area contributed by atoms with Crippen LogP contribution < -0.4 is 4.74 Å². The molecule has 1 aromatic heterocycles. The predicted octanol–water partition coefficient (Wildman–Crippen LogP) is 3.91. The number of ether oxygens (including phenoxy) is 2. The van der Waals surface area contributed by atoms with Gasteiger partial charge in [-0.05, 0) is 42.7 Å². The molecule has 0 bridgehead atoms. The zero-order chi connectivity index (χ0) is 17.9. The van der Waals surface area contributed by atoms with Crippen molar-refractivity contribution in [2.45, 2.75) is 24.6 Å². The van der Waals surface area contributed by atoms with Crippen molar-refractivity contribution in [3.05, 3.63) is 59.9 Å². The SMILES string of the molecule is O=C(c1ccccn1)C1(c2cccc(OC(F)(F)F)c2)CCOCC1. The maximum absolute atomic E-state index is 13.1. The lowest BCUT2D eigenvalue weighted by Gasteiger charge is -2.36. The lowest BCUT2D eigenvalue weighted by Crippen LogP contribution is -2.41. The monoisotopic (exact) mass is 351 g/mol. The molecule has 0 N–H and O–H groups in total. The van der Waals surface area contributed by atoms with E-state index >= 15 is 0 Å². The molecule has 2 heterocycles. The number of carbonyl (C=O) groups excluding carboxylic acids is 1. The van der Waals surface area contributed by atoms with Crippen LogP contribution in [0.3, 0.4) is 0 Å². The van der Waals surface area contributed by atoms with Gasteiger partial charge in [0.05, 0.1) is 5.41 Å². The van der Waals surface area contributed by atoms with Crippen LogP contribution in [0.1, 0.15) is 28.9 Å². The van der Waals surface area contributed by atoms with Gasteiger partial charge in [-0.2, -0.15) is 0 Å². The molecule has 0 aliphatic carbocycles. The highest BCUT2D eigenvalue weighted by molar-refractivity contribution is 6.02. The van der Waals surface area contributed by atoms with Gasteiger partial charge >= 0.3 is 6.36 Å². The molecule has 1 fully saturated rings. The van der Waals surface area contributed by atoms with E-state index in [-0.39, 0.29) is 17.2 Å². The van der Waals surface area contributed by atoms with Gasteiger partial charge in [-0.1, -0.05) is 18.2 Å². The third-order valence-electron chi connectivity index (χ3n) is 4.30. The van der Waals surface area contributed by atoms with Gasteiger partial charge in [0.15, 0.2) is 5.78 Å². The third kappa shape index (κ3) is 3.82. The maximum Gasteiger partial charge on any atom is 0.573 e. The van der Waals surface area contributed by atoms with Crippen molar-refractivity contribution >= 4 is 5.78 Å². The van der Waals surface area contributed by atoms with E-state index in [1.807, 2.05) is 0 Å². The summed E-state index contributed by atoms with van der Waals surface area (Å²) in [5.41, 5.74) is -0.211. The maximum atomic E-state index is 13.1. The first-order valence-corrected chi connectivity index (χ1v) is 7.81. The number of carbonyl (C=O) groups is 1. The summed E-state index contributed by atoms with van der Waals surface area (Å²) in [6, 6.07) is 10.6. The molecular formula is C18H16F3NO3. The average molecular weight is 351 g/mol. The molecular weight excluding hydrogens is 335 g/mol. The lowest BCUT2D eigenvalue weighted by atomic mass is 9.70. The van der Waals surface area contributed by atoms with E-state index in [9.17, 15) is 18.0 Å². The highest BCUT2D eigenvalue weighted by Crippen LogP contribution is 2.39. The van der Waals surface area contributed by atoms with E-state index in [2.05, 4.69) is 9.72 Å². The molecule has 0 unspecified atom stereocenters. The Labute approximate surface area is 142 Å². The second-order valence-corrected chi connectivity index (χ2v) is 5.81. The fourth-order valence-electron chi connectivity index (χ4n) is 3.10. The van der Waals surface area contributed by atoms with Crippen LogP contribution in [0.25, 0.3) is 0 Å². The Bertz CT molecular complexity index is 741. The van der Waals surface area contributed by atoms with Gasteiger partial charge in [-0.15, -0.1) is 13.2 Å². The number of pyridine rings is 1. The van der Waals surface area contributed by atoms with E-state index in [0.29, 0.717) is 31.6 Å². The number of ketones is 1. The molecule has 1 aliphatic rings. The Morgan fingerprint density at radius 3 is 2.52 bits per heavy atom. The summed E-state index contributed by atoms with van der Waals surface area (Å²) < 4.78 is 46.9. The molecule has 2 aromatic rings. The quantitative estimate of drug-likeness (QED) is 0.784. The van der Waals surface area contributed by atoms with Crippen molar-refractivity contribution in [3.63, 3.8) is 0 Å². The summed E-state index contributed by atoms with van der Waals surface area (Å²) in [6.45, 7) is 0.700. The molecule has 7 heteroatoms. The number of rotatable bonds is 4. The van der Waals surface area contributed by atoms with Gasteiger partial charge in [0.25, 0.3) is 0 Å². The van der Waals surface area contributed by atoms with E-state index in [4.69, 9.17) is 4.74 Å². The molecule has 1 aliphatic heterocycles. The highest BCUT2D eigenvalue weighted by Gasteiger charge is 2.43. The summed E-state index contributed by atoms with van der Waals surface area (Å²) in [6.07, 6.45) is -2.52. The summed E-state index contributed by atoms with van der Waals surface area (Å²) in [7, 11) is 0. The number of nitrogens with zero attached hydrogens (tertiary/aromatic N) is 1. The van der Waals surface area contributed by atoms with Crippen molar-refractivity contribution in [1.82, 2.24) is 4.98 Å². The minimum atomic E-state index is -4.79. The van der Waals surface area contributed by atoms with Crippen LogP contribution in [0, 0.1) is 0 Å². The van der Waals surface area contributed by atoms with Crippen molar-refractivity contribution in [2.24, 2.45) is 0 Å². The molecule has 1 aromatic carbocycles. The fourth-order valence-corrected chi connectivity index (χ4v) is 3.10. The molecule has 1 saturated heterocycles. The van der Waals surface area contributed by atoms with Crippen LogP contribution >= 0.6 is 0 Å². The molecule has 0 amide bonds. The van der Waals surface area contributed by atoms with Crippen molar-refractivity contribution in [3.8, 4) is 5.75 Å². The van der Waals surface area contributed by atoms with Crippen LogP contribution in [0.15, 0.2) is 48.7 Å². The molecule has 0 spiro atoms. The Kier molecular flexibility index (Phi) is 4.76. The topological polar surface area (TPSA) is 48.4 Å². The van der Waals surface area contributed by atoms with Crippen LogP contribution in [0.5, 0.6) is 5.75 Å². The Morgan fingerprint density at radius 2 is 1.88 bits per heavy atom. The number of benzene rings is 1. The van der Waals surface area contributed by atoms with E-state index in [1.165, 1.54) is 24.4 Å². The smallest absolute Gasteiger partial charge is 0.406 e. The average Bonchev–Trinajstić information content (AvgIpc) is 2.61. The number of alkyl halides is 3. The summed E-state index contributed by atoms with van der Waals surface area (Å²) in [5, 5.41) is 0. The van der Waals surface area contributed by atoms with Crippen LogP contribution in [0.4, 0.5) is 13.2 Å². The standard InChI is InChI=1S/C18H16F3NO3/c19-18(20,21)25-14-5-3-4-13(12-14)17(7-10-24-11-8-17)16(23)15-6-1-2-9-22-15/h1-6,9,12H,7-8,10-11H2. The molecule has 4 nitrogen and oxygen atoms in total. The normalized spacial score (nSPS) is 17.1. The number of aromatic nitrogens is 1. The molecule has 25 heavy (non-hydrogen) atoms. The third-order valence-corrected chi connectivity index (χ3v) is 4.30. The second kappa shape index (κ2) is 6.84. The molecule has 132 valence electrons. The Morgan fingerprint density at radius 1 is 1.12 bits per heavy atom. The van der Waals surface area contributed by atoms with E-state index < -0.39 is 11.8 Å². The van der Waals surface area contributed by atoms with Crippen LogP contribution in [-0.4, -0.2) is 30.3 Å². The van der Waals surface area contributed by atoms with Gasteiger partial charge in [0.2, 0.25) is 0 Å². The number of Topliss-reactive ketones (excluding diaryl/α,β-unsaturated/α-hetero) is 1. The minimum absolute atomic E-state index is 0.222. The lowest BCUT2D eigenvalue weighted by molar-refractivity contribution is -0.274. The van der Waals surface area contributed by atoms with E-state index in [0.717, 1.165) is 0 Å². The molecule has 3 rings (SSSR count). The number of halogens is 3. The zero-order valence-corrected chi connectivity index (χ0v) is 13.3. The van der Waals surface area contributed by atoms with E-state index in [1.54, 1.807) is 24.3 Å². The zero-order valence-electron chi connectivity index (χ0n) is 13.3. The van der Waals surface area contributed by atoms with Crippen molar-refractivity contribution < 1.29 is 27.4 Å². The summed E-state index contributed by atoms with van der Waals surface area (Å²) >= 11 is 0. The molecule has 0 saturated carbocycles. The molecule has 0 radical (unpaired) electrons. The van der Waals surface area contributed by atoms with Gasteiger partial charge in [0.1, 0.15) is 11.4 Å². The highest BCUT2D eigenvalue weighted by atomic mass is 19.4.